The van der Waals surface area contributed by atoms with Crippen molar-refractivity contribution in [2.75, 3.05) is 20.3 Å². The third kappa shape index (κ3) is 6.39. The van der Waals surface area contributed by atoms with E-state index in [1.54, 1.807) is 0 Å². The normalized spacial score (nSPS) is 49.0. The Morgan fingerprint density at radius 3 is 1.78 bits per heavy atom. The second kappa shape index (κ2) is 12.8. The fraction of sp³-hybridized carbons (Fsp3) is 0.952. The Kier molecular flexibility index (Phi) is 10.6. The molecular formula is C21H37NO15. The van der Waals surface area contributed by atoms with E-state index in [2.05, 4.69) is 5.32 Å². The van der Waals surface area contributed by atoms with Crippen LogP contribution in [-0.4, -0.2) is 159 Å². The van der Waals surface area contributed by atoms with Crippen LogP contribution in [0.2, 0.25) is 0 Å². The fourth-order valence-electron chi connectivity index (χ4n) is 4.58. The second-order valence-corrected chi connectivity index (χ2v) is 9.27. The molecule has 3 fully saturated rings. The molecule has 216 valence electrons. The predicted octanol–water partition coefficient (Wildman–Crippen LogP) is -5.75. The third-order valence-corrected chi connectivity index (χ3v) is 6.67. The van der Waals surface area contributed by atoms with Gasteiger partial charge in [0.05, 0.1) is 19.3 Å². The molecule has 3 rings (SSSR count). The van der Waals surface area contributed by atoms with Gasteiger partial charge in [-0.25, -0.2) is 0 Å². The summed E-state index contributed by atoms with van der Waals surface area (Å²) in [6, 6.07) is -1.18. The van der Waals surface area contributed by atoms with Crippen LogP contribution < -0.4 is 5.32 Å². The van der Waals surface area contributed by atoms with E-state index in [0.29, 0.717) is 0 Å². The smallest absolute Gasteiger partial charge is 0.217 e. The van der Waals surface area contributed by atoms with Gasteiger partial charge in [-0.05, 0) is 6.92 Å². The highest BCUT2D eigenvalue weighted by Gasteiger charge is 2.54. The Bertz CT molecular complexity index is 745. The molecule has 9 N–H and O–H groups in total. The van der Waals surface area contributed by atoms with Crippen LogP contribution in [0.5, 0.6) is 0 Å². The summed E-state index contributed by atoms with van der Waals surface area (Å²) in [6.45, 7) is 1.21. The largest absolute Gasteiger partial charge is 0.394 e. The van der Waals surface area contributed by atoms with Crippen molar-refractivity contribution in [3.05, 3.63) is 0 Å². The van der Waals surface area contributed by atoms with Gasteiger partial charge in [0.2, 0.25) is 5.91 Å². The molecule has 0 bridgehead atoms. The number of amides is 1. The molecule has 0 aliphatic carbocycles. The van der Waals surface area contributed by atoms with Gasteiger partial charge in [-0.3, -0.25) is 4.79 Å². The van der Waals surface area contributed by atoms with Crippen molar-refractivity contribution in [3.63, 3.8) is 0 Å². The standard InChI is InChI=1S/C21H37NO15/c1-6-11(26)13(28)15(30)20(33-6)36-17-9(5-24)35-19(32-3)10(22-7(2)25)18(17)37-21-16(31)14(29)12(27)8(4-23)34-21/h6,8-21,23-24,26-31H,4-5H2,1-3H3,(H,22,25)/t6-,8+,9+,10+,11+,12-,13+,14-,15-,16+,17+,18+,19+,20-,21-/m0/s1. The topological polar surface area (TPSA) is 246 Å². The van der Waals surface area contributed by atoms with Gasteiger partial charge in [0.25, 0.3) is 0 Å². The average Bonchev–Trinajstić information content (AvgIpc) is 2.87. The number of methoxy groups -OCH3 is 1. The molecule has 0 aromatic heterocycles. The zero-order valence-electron chi connectivity index (χ0n) is 20.5. The average molecular weight is 544 g/mol. The minimum atomic E-state index is -1.82. The molecule has 16 nitrogen and oxygen atoms in total. The van der Waals surface area contributed by atoms with Crippen LogP contribution in [0.3, 0.4) is 0 Å². The Balaban J connectivity index is 1.95. The van der Waals surface area contributed by atoms with E-state index in [1.165, 1.54) is 21.0 Å². The van der Waals surface area contributed by atoms with Crippen molar-refractivity contribution >= 4 is 5.91 Å². The van der Waals surface area contributed by atoms with E-state index in [1.807, 2.05) is 0 Å². The zero-order chi connectivity index (χ0) is 27.6. The monoisotopic (exact) mass is 543 g/mol. The summed E-state index contributed by atoms with van der Waals surface area (Å²) < 4.78 is 33.7. The number of carbonyl (C=O) groups excluding carboxylic acids is 1. The van der Waals surface area contributed by atoms with E-state index in [0.717, 1.165) is 0 Å². The Labute approximate surface area is 212 Å². The number of hydrogen-bond acceptors (Lipinski definition) is 15. The molecule has 0 aromatic carbocycles. The molecule has 15 atom stereocenters. The number of aliphatic hydroxyl groups excluding tert-OH is 8. The molecule has 0 unspecified atom stereocenters. The number of ether oxygens (including phenoxy) is 6. The summed E-state index contributed by atoms with van der Waals surface area (Å²) >= 11 is 0. The number of hydrogen-bond donors (Lipinski definition) is 9. The van der Waals surface area contributed by atoms with Crippen molar-refractivity contribution in [1.29, 1.82) is 0 Å². The molecule has 3 aliphatic heterocycles. The summed E-state index contributed by atoms with van der Waals surface area (Å²) in [6.07, 6.45) is -20.8. The summed E-state index contributed by atoms with van der Waals surface area (Å²) in [5, 5.41) is 83.5. The molecule has 0 radical (unpaired) electrons. The van der Waals surface area contributed by atoms with Crippen molar-refractivity contribution in [2.45, 2.75) is 106 Å². The molecular weight excluding hydrogens is 506 g/mol. The Morgan fingerprint density at radius 1 is 0.730 bits per heavy atom. The van der Waals surface area contributed by atoms with Crippen LogP contribution in [0.25, 0.3) is 0 Å². The van der Waals surface area contributed by atoms with Crippen molar-refractivity contribution in [2.24, 2.45) is 0 Å². The number of rotatable bonds is 8. The van der Waals surface area contributed by atoms with Gasteiger partial charge in [-0.2, -0.15) is 0 Å². The molecule has 1 amide bonds. The lowest BCUT2D eigenvalue weighted by atomic mass is 9.94. The lowest BCUT2D eigenvalue weighted by molar-refractivity contribution is -0.371. The minimum absolute atomic E-state index is 0.555. The van der Waals surface area contributed by atoms with Gasteiger partial charge < -0.3 is 74.6 Å². The minimum Gasteiger partial charge on any atom is -0.394 e. The Morgan fingerprint density at radius 2 is 1.24 bits per heavy atom. The maximum absolute atomic E-state index is 12.0. The third-order valence-electron chi connectivity index (χ3n) is 6.67. The molecule has 3 heterocycles. The molecule has 37 heavy (non-hydrogen) atoms. The first kappa shape index (κ1) is 30.5. The highest BCUT2D eigenvalue weighted by molar-refractivity contribution is 5.73. The molecule has 3 aliphatic rings. The second-order valence-electron chi connectivity index (χ2n) is 9.27. The van der Waals surface area contributed by atoms with Crippen LogP contribution in [0.1, 0.15) is 13.8 Å². The van der Waals surface area contributed by atoms with Crippen molar-refractivity contribution < 1.29 is 74.1 Å². The first-order valence-corrected chi connectivity index (χ1v) is 11.8. The summed E-state index contributed by atoms with van der Waals surface area (Å²) in [5.74, 6) is -0.555. The maximum Gasteiger partial charge on any atom is 0.217 e. The summed E-state index contributed by atoms with van der Waals surface area (Å²) in [5.41, 5.74) is 0. The van der Waals surface area contributed by atoms with Crippen LogP contribution in [0.15, 0.2) is 0 Å². The SMILES string of the molecule is CO[C@@H]1O[C@H](CO)[C@@H](O[C@@H]2O[C@@H](C)[C@@H](O)[C@@H](O)[C@@H]2O)[C@H](O[C@@H]2O[C@H](CO)[C@H](O)[C@H](O)[C@H]2O)[C@H]1NC(C)=O. The Hall–Kier alpha value is -1.09. The summed E-state index contributed by atoms with van der Waals surface area (Å²) in [7, 11) is 1.26. The number of aliphatic hydroxyl groups is 8. The lowest BCUT2D eigenvalue weighted by Crippen LogP contribution is -2.69. The van der Waals surface area contributed by atoms with E-state index in [4.69, 9.17) is 28.4 Å². The zero-order valence-corrected chi connectivity index (χ0v) is 20.5. The maximum atomic E-state index is 12.0. The lowest BCUT2D eigenvalue weighted by Gasteiger charge is -2.50. The predicted molar refractivity (Wildman–Crippen MR) is 116 cm³/mol. The molecule has 0 saturated carbocycles. The van der Waals surface area contributed by atoms with Crippen molar-refractivity contribution in [3.8, 4) is 0 Å². The van der Waals surface area contributed by atoms with E-state index >= 15 is 0 Å². The van der Waals surface area contributed by atoms with Gasteiger partial charge >= 0.3 is 0 Å². The highest BCUT2D eigenvalue weighted by Crippen LogP contribution is 2.33. The van der Waals surface area contributed by atoms with Crippen LogP contribution in [0, 0.1) is 0 Å². The first-order valence-electron chi connectivity index (χ1n) is 11.8. The molecule has 0 spiro atoms. The quantitative estimate of drug-likeness (QED) is 0.138. The number of nitrogens with one attached hydrogen (secondary N) is 1. The van der Waals surface area contributed by atoms with Crippen LogP contribution in [-0.2, 0) is 33.2 Å². The first-order chi connectivity index (χ1) is 17.4. The van der Waals surface area contributed by atoms with Crippen LogP contribution >= 0.6 is 0 Å². The van der Waals surface area contributed by atoms with E-state index in [-0.39, 0.29) is 0 Å². The summed E-state index contributed by atoms with van der Waals surface area (Å²) in [4.78, 5) is 12.0. The van der Waals surface area contributed by atoms with E-state index in [9.17, 15) is 45.6 Å². The molecule has 16 heteroatoms. The van der Waals surface area contributed by atoms with Gasteiger partial charge in [-0.1, -0.05) is 0 Å². The van der Waals surface area contributed by atoms with Gasteiger partial charge in [0.1, 0.15) is 67.1 Å². The number of carbonyl (C=O) groups is 1. The van der Waals surface area contributed by atoms with E-state index < -0.39 is 111 Å². The highest BCUT2D eigenvalue weighted by atomic mass is 16.8. The fourth-order valence-corrected chi connectivity index (χ4v) is 4.58. The van der Waals surface area contributed by atoms with Gasteiger partial charge in [0.15, 0.2) is 18.9 Å². The molecule has 3 saturated heterocycles. The molecule has 0 aromatic rings. The van der Waals surface area contributed by atoms with Crippen LogP contribution in [0.4, 0.5) is 0 Å². The van der Waals surface area contributed by atoms with Gasteiger partial charge in [-0.15, -0.1) is 0 Å². The van der Waals surface area contributed by atoms with Crippen molar-refractivity contribution in [1.82, 2.24) is 5.32 Å². The van der Waals surface area contributed by atoms with Gasteiger partial charge in [0, 0.05) is 14.0 Å².